The molecule has 0 spiro atoms. The van der Waals surface area contributed by atoms with Gasteiger partial charge in [-0.15, -0.1) is 0 Å². The molecule has 0 saturated carbocycles. The first-order chi connectivity index (χ1) is 7.58. The highest BCUT2D eigenvalue weighted by atomic mass is 35.5. The second-order valence-corrected chi connectivity index (χ2v) is 3.62. The minimum Gasteiger partial charge on any atom is -0.478 e. The molecule has 0 radical (unpaired) electrons. The molecule has 0 aromatic carbocycles. The Hall–Kier alpha value is -1.88. The average molecular weight is 238 g/mol. The summed E-state index contributed by atoms with van der Waals surface area (Å²) in [5.41, 5.74) is 0.838. The number of carbonyl (C=O) groups is 1. The molecular formula is C10H8ClN3O2. The molecule has 1 N–H and O–H groups in total. The zero-order valence-electron chi connectivity index (χ0n) is 8.38. The number of hydrogen-bond donors (Lipinski definition) is 1. The van der Waals surface area contributed by atoms with Crippen molar-refractivity contribution in [3.8, 4) is 5.82 Å². The normalized spacial score (nSPS) is 10.4. The maximum absolute atomic E-state index is 10.6. The molecule has 82 valence electrons. The molecule has 2 aromatic rings. The minimum atomic E-state index is -1.01. The van der Waals surface area contributed by atoms with Crippen molar-refractivity contribution in [1.29, 1.82) is 0 Å². The van der Waals surface area contributed by atoms with Gasteiger partial charge in [-0.2, -0.15) is 5.10 Å². The Balaban J connectivity index is 2.38. The van der Waals surface area contributed by atoms with Crippen LogP contribution in [0.5, 0.6) is 0 Å². The molecule has 6 heteroatoms. The van der Waals surface area contributed by atoms with Gasteiger partial charge in [-0.05, 0) is 19.1 Å². The van der Waals surface area contributed by atoms with Crippen LogP contribution in [0.15, 0.2) is 24.5 Å². The number of aromatic carboxylic acids is 1. The van der Waals surface area contributed by atoms with Gasteiger partial charge in [0.1, 0.15) is 0 Å². The Bertz CT molecular complexity index is 514. The molecule has 0 amide bonds. The second-order valence-electron chi connectivity index (χ2n) is 3.22. The van der Waals surface area contributed by atoms with Gasteiger partial charge in [0.15, 0.2) is 5.82 Å². The summed E-state index contributed by atoms with van der Waals surface area (Å²) in [5.74, 6) is -0.478. The molecule has 0 saturated heterocycles. The molecule has 0 unspecified atom stereocenters. The van der Waals surface area contributed by atoms with Crippen LogP contribution in [0.3, 0.4) is 0 Å². The van der Waals surface area contributed by atoms with E-state index in [-0.39, 0.29) is 5.56 Å². The van der Waals surface area contributed by atoms with Crippen molar-refractivity contribution in [2.45, 2.75) is 6.92 Å². The van der Waals surface area contributed by atoms with Gasteiger partial charge in [-0.3, -0.25) is 0 Å². The number of aromatic nitrogens is 3. The number of aryl methyl sites for hydroxylation is 1. The summed E-state index contributed by atoms with van der Waals surface area (Å²) in [6.07, 6.45) is 2.91. The zero-order valence-corrected chi connectivity index (χ0v) is 9.14. The third-order valence-electron chi connectivity index (χ3n) is 2.07. The zero-order chi connectivity index (χ0) is 11.7. The number of halogens is 1. The number of carboxylic acids is 1. The summed E-state index contributed by atoms with van der Waals surface area (Å²) >= 11 is 5.86. The van der Waals surface area contributed by atoms with Gasteiger partial charge in [-0.25, -0.2) is 14.5 Å². The molecule has 0 fully saturated rings. The van der Waals surface area contributed by atoms with Gasteiger partial charge >= 0.3 is 5.97 Å². The van der Waals surface area contributed by atoms with E-state index in [1.807, 2.05) is 0 Å². The summed E-state index contributed by atoms with van der Waals surface area (Å²) in [4.78, 5) is 14.6. The number of pyridine rings is 1. The van der Waals surface area contributed by atoms with Crippen molar-refractivity contribution >= 4 is 17.6 Å². The number of rotatable bonds is 2. The quantitative estimate of drug-likeness (QED) is 0.867. The van der Waals surface area contributed by atoms with Crippen LogP contribution in [0.4, 0.5) is 0 Å². The fourth-order valence-corrected chi connectivity index (χ4v) is 1.33. The van der Waals surface area contributed by atoms with E-state index in [4.69, 9.17) is 16.7 Å². The summed E-state index contributed by atoms with van der Waals surface area (Å²) in [7, 11) is 0. The Morgan fingerprint density at radius 2 is 2.25 bits per heavy atom. The van der Waals surface area contributed by atoms with E-state index in [2.05, 4.69) is 10.1 Å². The van der Waals surface area contributed by atoms with Crippen LogP contribution in [0.1, 0.15) is 16.1 Å². The maximum atomic E-state index is 10.6. The lowest BCUT2D eigenvalue weighted by Crippen LogP contribution is -2.01. The Morgan fingerprint density at radius 1 is 1.50 bits per heavy atom. The molecule has 0 aliphatic rings. The first-order valence-corrected chi connectivity index (χ1v) is 4.87. The predicted molar refractivity (Wildman–Crippen MR) is 58.1 cm³/mol. The van der Waals surface area contributed by atoms with Crippen LogP contribution >= 0.6 is 11.6 Å². The monoisotopic (exact) mass is 237 g/mol. The largest absolute Gasteiger partial charge is 0.478 e. The van der Waals surface area contributed by atoms with E-state index in [9.17, 15) is 4.79 Å². The van der Waals surface area contributed by atoms with Crippen LogP contribution in [-0.4, -0.2) is 25.8 Å². The van der Waals surface area contributed by atoms with Gasteiger partial charge in [0, 0.05) is 6.20 Å². The highest BCUT2D eigenvalue weighted by molar-refractivity contribution is 6.31. The summed E-state index contributed by atoms with van der Waals surface area (Å²) in [6, 6.07) is 3.04. The van der Waals surface area contributed by atoms with Crippen molar-refractivity contribution in [2.24, 2.45) is 0 Å². The average Bonchev–Trinajstić information content (AvgIpc) is 2.59. The molecule has 5 nitrogen and oxygen atoms in total. The standard InChI is InChI=1S/C10H8ClN3O2/c1-6-8(11)5-14(13-6)9-3-2-7(4-12-9)10(15)16/h2-5H,1H3,(H,15,16). The van der Waals surface area contributed by atoms with Crippen molar-refractivity contribution in [3.63, 3.8) is 0 Å². The van der Waals surface area contributed by atoms with Gasteiger partial charge in [0.2, 0.25) is 0 Å². The Kier molecular flexibility index (Phi) is 2.62. The molecule has 2 rings (SSSR count). The first-order valence-electron chi connectivity index (χ1n) is 4.49. The van der Waals surface area contributed by atoms with E-state index in [1.54, 1.807) is 19.2 Å². The number of nitrogens with zero attached hydrogens (tertiary/aromatic N) is 3. The van der Waals surface area contributed by atoms with Crippen molar-refractivity contribution < 1.29 is 9.90 Å². The van der Waals surface area contributed by atoms with E-state index in [0.717, 1.165) is 0 Å². The predicted octanol–water partition coefficient (Wildman–Crippen LogP) is 1.93. The minimum absolute atomic E-state index is 0.138. The van der Waals surface area contributed by atoms with E-state index < -0.39 is 5.97 Å². The van der Waals surface area contributed by atoms with Crippen molar-refractivity contribution in [3.05, 3.63) is 40.8 Å². The van der Waals surface area contributed by atoms with Crippen LogP contribution in [0.2, 0.25) is 5.02 Å². The van der Waals surface area contributed by atoms with Crippen LogP contribution < -0.4 is 0 Å². The van der Waals surface area contributed by atoms with Crippen LogP contribution in [0, 0.1) is 6.92 Å². The topological polar surface area (TPSA) is 68.0 Å². The lowest BCUT2D eigenvalue weighted by molar-refractivity contribution is 0.0696. The lowest BCUT2D eigenvalue weighted by Gasteiger charge is -1.99. The molecule has 2 heterocycles. The van der Waals surface area contributed by atoms with Crippen LogP contribution in [-0.2, 0) is 0 Å². The van der Waals surface area contributed by atoms with Crippen molar-refractivity contribution in [2.75, 3.05) is 0 Å². The summed E-state index contributed by atoms with van der Waals surface area (Å²) in [5, 5.41) is 13.4. The van der Waals surface area contributed by atoms with Crippen molar-refractivity contribution in [1.82, 2.24) is 14.8 Å². The lowest BCUT2D eigenvalue weighted by atomic mass is 10.3. The second kappa shape index (κ2) is 3.94. The van der Waals surface area contributed by atoms with E-state index in [1.165, 1.54) is 16.9 Å². The first kappa shape index (κ1) is 10.6. The molecule has 2 aromatic heterocycles. The Labute approximate surface area is 96.3 Å². The van der Waals surface area contributed by atoms with Crippen LogP contribution in [0.25, 0.3) is 5.82 Å². The molecule has 0 atom stereocenters. The third-order valence-corrected chi connectivity index (χ3v) is 2.44. The molecule has 0 aliphatic carbocycles. The molecule has 0 aliphatic heterocycles. The maximum Gasteiger partial charge on any atom is 0.337 e. The van der Waals surface area contributed by atoms with E-state index in [0.29, 0.717) is 16.5 Å². The fourth-order valence-electron chi connectivity index (χ4n) is 1.20. The molecule has 16 heavy (non-hydrogen) atoms. The van der Waals surface area contributed by atoms with Gasteiger partial charge in [-0.1, -0.05) is 11.6 Å². The third kappa shape index (κ3) is 1.90. The van der Waals surface area contributed by atoms with Gasteiger partial charge < -0.3 is 5.11 Å². The SMILES string of the molecule is Cc1nn(-c2ccc(C(=O)O)cn2)cc1Cl. The summed E-state index contributed by atoms with van der Waals surface area (Å²) in [6.45, 7) is 1.78. The Morgan fingerprint density at radius 3 is 2.69 bits per heavy atom. The highest BCUT2D eigenvalue weighted by Crippen LogP contribution is 2.15. The smallest absolute Gasteiger partial charge is 0.337 e. The summed E-state index contributed by atoms with van der Waals surface area (Å²) < 4.78 is 1.50. The number of carboxylic acid groups (broad SMARTS) is 1. The molecule has 0 bridgehead atoms. The fraction of sp³-hybridized carbons (Fsp3) is 0.100. The van der Waals surface area contributed by atoms with E-state index >= 15 is 0 Å². The van der Waals surface area contributed by atoms with Gasteiger partial charge in [0.25, 0.3) is 0 Å². The number of hydrogen-bond acceptors (Lipinski definition) is 3. The highest BCUT2D eigenvalue weighted by Gasteiger charge is 2.07. The van der Waals surface area contributed by atoms with Gasteiger partial charge in [0.05, 0.1) is 22.5 Å². The molecular weight excluding hydrogens is 230 g/mol.